The standard InChI is InChI=1S/C13H17NO4/c1-17-13(16)11-3-2-6-14(12(11)15)9-10-4-7-18-8-5-10/h2-3,6,10H,4-5,7-9H2,1H3. The van der Waals surface area contributed by atoms with Crippen molar-refractivity contribution in [3.8, 4) is 0 Å². The first-order valence-electron chi connectivity index (χ1n) is 6.08. The molecule has 18 heavy (non-hydrogen) atoms. The number of methoxy groups -OCH3 is 1. The molecule has 5 heteroatoms. The van der Waals surface area contributed by atoms with E-state index in [2.05, 4.69) is 4.74 Å². The van der Waals surface area contributed by atoms with Crippen molar-refractivity contribution in [1.29, 1.82) is 0 Å². The average molecular weight is 251 g/mol. The van der Waals surface area contributed by atoms with Gasteiger partial charge < -0.3 is 14.0 Å². The van der Waals surface area contributed by atoms with E-state index < -0.39 is 5.97 Å². The van der Waals surface area contributed by atoms with E-state index in [0.717, 1.165) is 26.1 Å². The largest absolute Gasteiger partial charge is 0.465 e. The smallest absolute Gasteiger partial charge is 0.343 e. The van der Waals surface area contributed by atoms with Crippen LogP contribution in [0.15, 0.2) is 23.1 Å². The summed E-state index contributed by atoms with van der Waals surface area (Å²) in [5, 5.41) is 0. The molecule has 5 nitrogen and oxygen atoms in total. The lowest BCUT2D eigenvalue weighted by molar-refractivity contribution is 0.0584. The normalized spacial score (nSPS) is 16.5. The van der Waals surface area contributed by atoms with E-state index in [4.69, 9.17) is 4.74 Å². The monoisotopic (exact) mass is 251 g/mol. The Kier molecular flexibility index (Phi) is 4.15. The minimum Gasteiger partial charge on any atom is -0.465 e. The highest BCUT2D eigenvalue weighted by Gasteiger charge is 2.17. The van der Waals surface area contributed by atoms with Crippen LogP contribution in [0.5, 0.6) is 0 Å². The van der Waals surface area contributed by atoms with Crippen LogP contribution in [0.2, 0.25) is 0 Å². The molecule has 1 fully saturated rings. The van der Waals surface area contributed by atoms with Crippen LogP contribution in [-0.4, -0.2) is 30.9 Å². The fourth-order valence-electron chi connectivity index (χ4n) is 2.15. The molecule has 1 aromatic heterocycles. The molecule has 0 unspecified atom stereocenters. The van der Waals surface area contributed by atoms with Gasteiger partial charge in [0.25, 0.3) is 5.56 Å². The molecule has 98 valence electrons. The highest BCUT2D eigenvalue weighted by Crippen LogP contribution is 2.16. The Morgan fingerprint density at radius 2 is 2.22 bits per heavy atom. The van der Waals surface area contributed by atoms with Gasteiger partial charge in [0.05, 0.1) is 7.11 Å². The molecule has 0 aromatic carbocycles. The van der Waals surface area contributed by atoms with Crippen molar-refractivity contribution in [1.82, 2.24) is 4.57 Å². The summed E-state index contributed by atoms with van der Waals surface area (Å²) in [4.78, 5) is 23.5. The molecule has 1 saturated heterocycles. The van der Waals surface area contributed by atoms with Crippen LogP contribution >= 0.6 is 0 Å². The van der Waals surface area contributed by atoms with Crippen LogP contribution in [0.4, 0.5) is 0 Å². The van der Waals surface area contributed by atoms with Crippen molar-refractivity contribution in [2.24, 2.45) is 5.92 Å². The van der Waals surface area contributed by atoms with Crippen molar-refractivity contribution in [3.05, 3.63) is 34.2 Å². The number of pyridine rings is 1. The molecule has 0 amide bonds. The third kappa shape index (κ3) is 2.79. The SMILES string of the molecule is COC(=O)c1cccn(CC2CCOCC2)c1=O. The molecular formula is C13H17NO4. The van der Waals surface area contributed by atoms with Gasteiger partial charge in [0.2, 0.25) is 0 Å². The molecule has 0 radical (unpaired) electrons. The van der Waals surface area contributed by atoms with Gasteiger partial charge in [-0.2, -0.15) is 0 Å². The van der Waals surface area contributed by atoms with Crippen LogP contribution in [0, 0.1) is 5.92 Å². The van der Waals surface area contributed by atoms with E-state index in [9.17, 15) is 9.59 Å². The zero-order valence-electron chi connectivity index (χ0n) is 10.4. The summed E-state index contributed by atoms with van der Waals surface area (Å²) in [5.74, 6) is -0.148. The number of hydrogen-bond donors (Lipinski definition) is 0. The second-order valence-electron chi connectivity index (χ2n) is 4.43. The lowest BCUT2D eigenvalue weighted by Gasteiger charge is -2.22. The number of hydrogen-bond acceptors (Lipinski definition) is 4. The maximum absolute atomic E-state index is 12.1. The van der Waals surface area contributed by atoms with Gasteiger partial charge in [0, 0.05) is 26.0 Å². The lowest BCUT2D eigenvalue weighted by Crippen LogP contribution is -2.30. The molecule has 0 aliphatic carbocycles. The second-order valence-corrected chi connectivity index (χ2v) is 4.43. The summed E-state index contributed by atoms with van der Waals surface area (Å²) in [6, 6.07) is 3.20. The number of nitrogens with zero attached hydrogens (tertiary/aromatic N) is 1. The Morgan fingerprint density at radius 1 is 1.50 bits per heavy atom. The lowest BCUT2D eigenvalue weighted by atomic mass is 10.0. The van der Waals surface area contributed by atoms with Crippen molar-refractivity contribution in [2.45, 2.75) is 19.4 Å². The Hall–Kier alpha value is -1.62. The zero-order valence-corrected chi connectivity index (χ0v) is 10.4. The van der Waals surface area contributed by atoms with E-state index in [-0.39, 0.29) is 11.1 Å². The molecule has 0 spiro atoms. The fraction of sp³-hybridized carbons (Fsp3) is 0.538. The average Bonchev–Trinajstić information content (AvgIpc) is 2.41. The third-order valence-electron chi connectivity index (χ3n) is 3.22. The third-order valence-corrected chi connectivity index (χ3v) is 3.22. The highest BCUT2D eigenvalue weighted by atomic mass is 16.5. The van der Waals surface area contributed by atoms with Crippen LogP contribution < -0.4 is 5.56 Å². The number of carbonyl (C=O) groups excluding carboxylic acids is 1. The highest BCUT2D eigenvalue weighted by molar-refractivity contribution is 5.88. The molecule has 1 aromatic rings. The van der Waals surface area contributed by atoms with Crippen molar-refractivity contribution < 1.29 is 14.3 Å². The molecule has 0 saturated carbocycles. The number of carbonyl (C=O) groups is 1. The number of rotatable bonds is 3. The zero-order chi connectivity index (χ0) is 13.0. The summed E-state index contributed by atoms with van der Waals surface area (Å²) in [5.41, 5.74) is -0.192. The maximum atomic E-state index is 12.1. The Bertz CT molecular complexity index is 474. The van der Waals surface area contributed by atoms with Crippen LogP contribution in [0.1, 0.15) is 23.2 Å². The Morgan fingerprint density at radius 3 is 2.89 bits per heavy atom. The summed E-state index contributed by atoms with van der Waals surface area (Å²) in [7, 11) is 1.28. The first kappa shape index (κ1) is 12.8. The minimum absolute atomic E-state index is 0.0899. The maximum Gasteiger partial charge on any atom is 0.343 e. The van der Waals surface area contributed by atoms with Gasteiger partial charge in [-0.05, 0) is 30.9 Å². The molecule has 1 aliphatic heterocycles. The summed E-state index contributed by atoms with van der Waals surface area (Å²) >= 11 is 0. The molecule has 1 aliphatic rings. The predicted octanol–water partition coefficient (Wildman–Crippen LogP) is 1.06. The summed E-state index contributed by atoms with van der Waals surface area (Å²) in [6.07, 6.45) is 3.62. The molecule has 0 atom stereocenters. The van der Waals surface area contributed by atoms with Gasteiger partial charge in [-0.3, -0.25) is 4.79 Å². The van der Waals surface area contributed by atoms with Crippen molar-refractivity contribution in [2.75, 3.05) is 20.3 Å². The van der Waals surface area contributed by atoms with Crippen LogP contribution in [0.3, 0.4) is 0 Å². The van der Waals surface area contributed by atoms with Crippen LogP contribution in [0.25, 0.3) is 0 Å². The minimum atomic E-state index is -0.582. The Labute approximate surface area is 105 Å². The van der Waals surface area contributed by atoms with Gasteiger partial charge >= 0.3 is 5.97 Å². The molecule has 0 bridgehead atoms. The van der Waals surface area contributed by atoms with Gasteiger partial charge in [0.1, 0.15) is 5.56 Å². The van der Waals surface area contributed by atoms with Gasteiger partial charge in [-0.15, -0.1) is 0 Å². The number of esters is 1. The van der Waals surface area contributed by atoms with Crippen molar-refractivity contribution >= 4 is 5.97 Å². The van der Waals surface area contributed by atoms with E-state index in [1.807, 2.05) is 0 Å². The second kappa shape index (κ2) is 5.82. The van der Waals surface area contributed by atoms with Gasteiger partial charge in [0.15, 0.2) is 0 Å². The molecule has 0 N–H and O–H groups in total. The molecular weight excluding hydrogens is 234 g/mol. The Balaban J connectivity index is 2.18. The summed E-state index contributed by atoms with van der Waals surface area (Å²) < 4.78 is 11.5. The quantitative estimate of drug-likeness (QED) is 0.754. The number of aromatic nitrogens is 1. The molecule has 2 rings (SSSR count). The first-order valence-corrected chi connectivity index (χ1v) is 6.08. The van der Waals surface area contributed by atoms with Crippen LogP contribution in [-0.2, 0) is 16.0 Å². The van der Waals surface area contributed by atoms with Gasteiger partial charge in [-0.1, -0.05) is 0 Å². The van der Waals surface area contributed by atoms with E-state index in [0.29, 0.717) is 12.5 Å². The number of ether oxygens (including phenoxy) is 2. The van der Waals surface area contributed by atoms with Gasteiger partial charge in [-0.25, -0.2) is 4.79 Å². The topological polar surface area (TPSA) is 57.5 Å². The van der Waals surface area contributed by atoms with E-state index >= 15 is 0 Å². The summed E-state index contributed by atoms with van der Waals surface area (Å²) in [6.45, 7) is 2.12. The van der Waals surface area contributed by atoms with Crippen molar-refractivity contribution in [3.63, 3.8) is 0 Å². The predicted molar refractivity (Wildman–Crippen MR) is 65.6 cm³/mol. The van der Waals surface area contributed by atoms with E-state index in [1.165, 1.54) is 13.2 Å². The molecule has 2 heterocycles. The van der Waals surface area contributed by atoms with E-state index in [1.54, 1.807) is 16.8 Å². The fourth-order valence-corrected chi connectivity index (χ4v) is 2.15. The first-order chi connectivity index (χ1) is 8.72.